The van der Waals surface area contributed by atoms with Crippen molar-refractivity contribution in [1.29, 1.82) is 0 Å². The largest absolute Gasteiger partial charge is 0.487 e. The van der Waals surface area contributed by atoms with Gasteiger partial charge in [-0.05, 0) is 44.8 Å². The van der Waals surface area contributed by atoms with Crippen molar-refractivity contribution in [2.45, 2.75) is 26.3 Å². The molecule has 2 heterocycles. The molecule has 9 nitrogen and oxygen atoms in total. The summed E-state index contributed by atoms with van der Waals surface area (Å²) in [5.74, 6) is 0.949. The van der Waals surface area contributed by atoms with Crippen LogP contribution >= 0.6 is 15.9 Å². The number of hydrogen-bond donors (Lipinski definition) is 2. The normalized spacial score (nSPS) is 11.6. The Morgan fingerprint density at radius 2 is 1.45 bits per heavy atom. The molecular weight excluding hydrogens is 706 g/mol. The van der Waals surface area contributed by atoms with Crippen LogP contribution in [0.3, 0.4) is 0 Å². The lowest BCUT2D eigenvalue weighted by Crippen LogP contribution is -2.27. The maximum atomic E-state index is 15.0. The minimum absolute atomic E-state index is 0.177. The van der Waals surface area contributed by atoms with Crippen molar-refractivity contribution in [3.8, 4) is 11.5 Å². The van der Waals surface area contributed by atoms with Gasteiger partial charge in [0.25, 0.3) is 0 Å². The summed E-state index contributed by atoms with van der Waals surface area (Å²) in [6.45, 7) is 4.02. The predicted molar refractivity (Wildman–Crippen MR) is 207 cm³/mol. The Kier molecular flexibility index (Phi) is 10.7. The van der Waals surface area contributed by atoms with E-state index in [-0.39, 0.29) is 12.0 Å². The number of nitrogens with two attached hydrogens (primary N) is 1. The van der Waals surface area contributed by atoms with Gasteiger partial charge in [0.05, 0.1) is 33.1 Å². The fourth-order valence-electron chi connectivity index (χ4n) is 6.48. The molecule has 5 aromatic carbocycles. The van der Waals surface area contributed by atoms with Crippen LogP contribution in [0.1, 0.15) is 22.4 Å². The van der Waals surface area contributed by atoms with E-state index in [0.29, 0.717) is 83.9 Å². The van der Waals surface area contributed by atoms with E-state index in [1.165, 1.54) is 5.56 Å². The van der Waals surface area contributed by atoms with Gasteiger partial charge in [-0.25, -0.2) is 4.52 Å². The molecule has 0 saturated heterocycles. The Balaban J connectivity index is 1.45. The van der Waals surface area contributed by atoms with Crippen LogP contribution in [0, 0.1) is 0 Å². The SMILES string of the molecule is COCCN(Cc1ccccc1)Cc1nn2c3c(OCc4ccccc4)cc(Br)c(OCc4ccccc4)c3c(=O)c3c(NCCN)ccc1c32. The van der Waals surface area contributed by atoms with E-state index < -0.39 is 0 Å². The van der Waals surface area contributed by atoms with Crippen molar-refractivity contribution < 1.29 is 14.2 Å². The van der Waals surface area contributed by atoms with Crippen LogP contribution in [-0.4, -0.2) is 47.9 Å². The highest BCUT2D eigenvalue weighted by Crippen LogP contribution is 2.42. The van der Waals surface area contributed by atoms with E-state index in [4.69, 9.17) is 25.0 Å². The number of ether oxygens (including phenoxy) is 3. The number of pyridine rings is 1. The lowest BCUT2D eigenvalue weighted by molar-refractivity contribution is 0.139. The molecule has 260 valence electrons. The summed E-state index contributed by atoms with van der Waals surface area (Å²) in [6.07, 6.45) is 0. The summed E-state index contributed by atoms with van der Waals surface area (Å²) < 4.78 is 21.0. The first-order valence-corrected chi connectivity index (χ1v) is 17.8. The molecule has 3 N–H and O–H groups in total. The molecule has 0 atom stereocenters. The molecule has 10 heteroatoms. The molecule has 7 aromatic rings. The second-order valence-electron chi connectivity index (χ2n) is 12.4. The number of methoxy groups -OCH3 is 1. The van der Waals surface area contributed by atoms with Gasteiger partial charge < -0.3 is 25.3 Å². The van der Waals surface area contributed by atoms with Gasteiger partial charge >= 0.3 is 0 Å². The summed E-state index contributed by atoms with van der Waals surface area (Å²) in [7, 11) is 1.71. The van der Waals surface area contributed by atoms with Crippen molar-refractivity contribution in [3.05, 3.63) is 146 Å². The third-order valence-corrected chi connectivity index (χ3v) is 9.51. The van der Waals surface area contributed by atoms with Crippen LogP contribution in [0.4, 0.5) is 5.69 Å². The van der Waals surface area contributed by atoms with Gasteiger partial charge in [-0.2, -0.15) is 5.10 Å². The van der Waals surface area contributed by atoms with E-state index in [1.54, 1.807) is 7.11 Å². The summed E-state index contributed by atoms with van der Waals surface area (Å²) in [5.41, 5.74) is 11.7. The lowest BCUT2D eigenvalue weighted by Gasteiger charge is -2.21. The van der Waals surface area contributed by atoms with Crippen molar-refractivity contribution in [3.63, 3.8) is 0 Å². The van der Waals surface area contributed by atoms with Gasteiger partial charge in [-0.15, -0.1) is 0 Å². The molecule has 0 spiro atoms. The molecule has 51 heavy (non-hydrogen) atoms. The Hall–Kier alpha value is -5.00. The van der Waals surface area contributed by atoms with E-state index in [1.807, 2.05) is 102 Å². The zero-order chi connectivity index (χ0) is 35.2. The highest BCUT2D eigenvalue weighted by atomic mass is 79.9. The first-order valence-electron chi connectivity index (χ1n) is 17.0. The number of fused-ring (bicyclic) bond motifs is 2. The predicted octanol–water partition coefficient (Wildman–Crippen LogP) is 7.38. The van der Waals surface area contributed by atoms with Gasteiger partial charge in [-0.3, -0.25) is 9.69 Å². The third kappa shape index (κ3) is 7.41. The van der Waals surface area contributed by atoms with E-state index in [2.05, 4.69) is 38.3 Å². The topological polar surface area (TPSA) is 103 Å². The average molecular weight is 747 g/mol. The Morgan fingerprint density at radius 3 is 2.10 bits per heavy atom. The number of nitrogens with zero attached hydrogens (tertiary/aromatic N) is 3. The summed E-state index contributed by atoms with van der Waals surface area (Å²) in [4.78, 5) is 17.3. The molecule has 0 aliphatic heterocycles. The smallest absolute Gasteiger partial charge is 0.203 e. The Labute approximate surface area is 305 Å². The van der Waals surface area contributed by atoms with Gasteiger partial charge in [0.15, 0.2) is 0 Å². The second-order valence-corrected chi connectivity index (χ2v) is 13.3. The number of hydrogen-bond acceptors (Lipinski definition) is 8. The molecule has 2 aromatic heterocycles. The lowest BCUT2D eigenvalue weighted by atomic mass is 10.0. The monoisotopic (exact) mass is 745 g/mol. The zero-order valence-corrected chi connectivity index (χ0v) is 30.1. The minimum Gasteiger partial charge on any atom is -0.487 e. The van der Waals surface area contributed by atoms with Gasteiger partial charge in [0.1, 0.15) is 30.2 Å². The number of benzene rings is 5. The molecular formula is C41H40BrN5O4. The zero-order valence-electron chi connectivity index (χ0n) is 28.5. The second kappa shape index (κ2) is 15.9. The van der Waals surface area contributed by atoms with Gasteiger partial charge in [0.2, 0.25) is 5.43 Å². The third-order valence-electron chi connectivity index (χ3n) is 8.92. The molecule has 0 saturated carbocycles. The van der Waals surface area contributed by atoms with Crippen LogP contribution in [0.2, 0.25) is 0 Å². The fraction of sp³-hybridized carbons (Fsp3) is 0.220. The quantitative estimate of drug-likeness (QED) is 0.0989. The average Bonchev–Trinajstić information content (AvgIpc) is 3.52. The number of aromatic nitrogens is 2. The summed E-state index contributed by atoms with van der Waals surface area (Å²) >= 11 is 3.75. The van der Waals surface area contributed by atoms with Crippen LogP contribution in [-0.2, 0) is 31.0 Å². The van der Waals surface area contributed by atoms with Gasteiger partial charge in [0, 0.05) is 57.0 Å². The fourth-order valence-corrected chi connectivity index (χ4v) is 7.00. The van der Waals surface area contributed by atoms with Crippen molar-refractivity contribution in [2.24, 2.45) is 5.73 Å². The molecule has 0 unspecified atom stereocenters. The minimum atomic E-state index is -0.177. The molecule has 0 amide bonds. The van der Waals surface area contributed by atoms with E-state index >= 15 is 4.79 Å². The van der Waals surface area contributed by atoms with Gasteiger partial charge in [-0.1, -0.05) is 91.0 Å². The highest BCUT2D eigenvalue weighted by Gasteiger charge is 2.27. The van der Waals surface area contributed by atoms with Crippen LogP contribution in [0.5, 0.6) is 11.5 Å². The number of halogens is 1. The first kappa shape index (κ1) is 34.4. The molecule has 0 bridgehead atoms. The Morgan fingerprint density at radius 1 is 0.804 bits per heavy atom. The maximum absolute atomic E-state index is 15.0. The van der Waals surface area contributed by atoms with Crippen molar-refractivity contribution in [2.75, 3.05) is 38.7 Å². The Bertz CT molecular complexity index is 2280. The highest BCUT2D eigenvalue weighted by molar-refractivity contribution is 9.10. The first-order chi connectivity index (χ1) is 25.1. The number of rotatable bonds is 16. The number of nitrogens with one attached hydrogen (secondary N) is 1. The standard InChI is InChI=1S/C41H40BrN5O4/c1-49-22-21-46(24-28-11-5-2-6-12-28)25-34-31-17-18-33(44-20-19-43)36-38(31)47(45-34)39-35(50-26-29-13-7-3-8-14-29)23-32(42)41(37(39)40(36)48)51-27-30-15-9-4-10-16-30/h2-18,23,44H,19-22,24-27,43H2,1H3. The number of anilines is 1. The van der Waals surface area contributed by atoms with E-state index in [0.717, 1.165) is 27.7 Å². The van der Waals surface area contributed by atoms with Crippen LogP contribution < -0.4 is 26.0 Å². The molecule has 7 rings (SSSR count). The molecule has 0 fully saturated rings. The maximum Gasteiger partial charge on any atom is 0.203 e. The van der Waals surface area contributed by atoms with E-state index in [9.17, 15) is 0 Å². The van der Waals surface area contributed by atoms with Crippen molar-refractivity contribution in [1.82, 2.24) is 14.5 Å². The molecule has 0 radical (unpaired) electrons. The van der Waals surface area contributed by atoms with Crippen LogP contribution in [0.15, 0.2) is 118 Å². The molecule has 0 aliphatic rings. The summed E-state index contributed by atoms with van der Waals surface area (Å²) in [5, 5.41) is 10.5. The van der Waals surface area contributed by atoms with Crippen molar-refractivity contribution >= 4 is 48.8 Å². The van der Waals surface area contributed by atoms with Crippen LogP contribution in [0.25, 0.3) is 27.2 Å². The summed E-state index contributed by atoms with van der Waals surface area (Å²) in [6, 6.07) is 36.1. The molecule has 0 aliphatic carbocycles.